The molecule has 0 saturated carbocycles. The van der Waals surface area contributed by atoms with E-state index in [1.165, 1.54) is 0 Å². The molecular weight excluding hydrogens is 166 g/mol. The highest BCUT2D eigenvalue weighted by atomic mass is 16.4. The van der Waals surface area contributed by atoms with Gasteiger partial charge in [0, 0.05) is 0 Å². The third-order valence-corrected chi connectivity index (χ3v) is 2.52. The Labute approximate surface area is 80.5 Å². The van der Waals surface area contributed by atoms with Gasteiger partial charge in [0.05, 0.1) is 0 Å². The molecule has 0 amide bonds. The number of unbranched alkanes of at least 4 members (excludes halogenated alkanes) is 1. The Kier molecular flexibility index (Phi) is 5.71. The summed E-state index contributed by atoms with van der Waals surface area (Å²) in [6.07, 6.45) is 4.34. The predicted molar refractivity (Wildman–Crippen MR) is 53.9 cm³/mol. The number of carbonyl (C=O) groups is 1. The zero-order valence-corrected chi connectivity index (χ0v) is 8.89. The summed E-state index contributed by atoms with van der Waals surface area (Å²) in [6, 6.07) is 0. The Morgan fingerprint density at radius 1 is 1.31 bits per heavy atom. The largest absolute Gasteiger partial charge is 0.480 e. The van der Waals surface area contributed by atoms with E-state index in [0.717, 1.165) is 25.7 Å². The van der Waals surface area contributed by atoms with Crippen molar-refractivity contribution in [1.82, 2.24) is 5.32 Å². The van der Waals surface area contributed by atoms with Crippen LogP contribution in [0.25, 0.3) is 0 Å². The molecule has 0 aromatic carbocycles. The van der Waals surface area contributed by atoms with Crippen molar-refractivity contribution in [3.05, 3.63) is 0 Å². The highest BCUT2D eigenvalue weighted by molar-refractivity contribution is 5.78. The number of carboxylic acids is 1. The summed E-state index contributed by atoms with van der Waals surface area (Å²) in [6.45, 7) is 4.09. The number of likely N-dealkylation sites (N-methyl/N-ethyl adjacent to an activating group) is 1. The van der Waals surface area contributed by atoms with Crippen LogP contribution in [0.4, 0.5) is 0 Å². The normalized spacial score (nSPS) is 15.3. The van der Waals surface area contributed by atoms with Crippen molar-refractivity contribution in [2.75, 3.05) is 7.05 Å². The summed E-state index contributed by atoms with van der Waals surface area (Å²) in [5.74, 6) is -0.717. The Bertz CT molecular complexity index is 159. The molecule has 3 nitrogen and oxygen atoms in total. The molecule has 0 aliphatic heterocycles. The van der Waals surface area contributed by atoms with E-state index in [0.29, 0.717) is 6.42 Å². The zero-order valence-electron chi connectivity index (χ0n) is 8.89. The molecule has 0 heterocycles. The molecule has 3 heteroatoms. The van der Waals surface area contributed by atoms with E-state index in [4.69, 9.17) is 5.11 Å². The molecule has 2 N–H and O–H groups in total. The minimum atomic E-state index is -0.717. The van der Waals surface area contributed by atoms with Crippen LogP contribution >= 0.6 is 0 Å². The van der Waals surface area contributed by atoms with Gasteiger partial charge in [0.1, 0.15) is 5.54 Å². The number of hydrogen-bond acceptors (Lipinski definition) is 2. The fourth-order valence-corrected chi connectivity index (χ4v) is 1.60. The second-order valence-corrected chi connectivity index (χ2v) is 3.49. The summed E-state index contributed by atoms with van der Waals surface area (Å²) < 4.78 is 0. The van der Waals surface area contributed by atoms with Gasteiger partial charge < -0.3 is 10.4 Å². The molecule has 0 radical (unpaired) electrons. The SMILES string of the molecule is CCCCC(CCC)(NC)C(=O)O. The lowest BCUT2D eigenvalue weighted by Gasteiger charge is -2.28. The van der Waals surface area contributed by atoms with E-state index in [1.54, 1.807) is 7.05 Å². The van der Waals surface area contributed by atoms with E-state index in [-0.39, 0.29) is 0 Å². The van der Waals surface area contributed by atoms with Gasteiger partial charge in [-0.3, -0.25) is 4.79 Å². The first-order valence-electron chi connectivity index (χ1n) is 5.05. The van der Waals surface area contributed by atoms with Crippen LogP contribution in [0.2, 0.25) is 0 Å². The molecule has 0 fully saturated rings. The number of rotatable bonds is 7. The van der Waals surface area contributed by atoms with Crippen molar-refractivity contribution in [3.63, 3.8) is 0 Å². The average Bonchev–Trinajstić information content (AvgIpc) is 2.12. The summed E-state index contributed by atoms with van der Waals surface area (Å²) in [7, 11) is 1.74. The maximum absolute atomic E-state index is 11.1. The molecule has 0 aromatic heterocycles. The van der Waals surface area contributed by atoms with Crippen LogP contribution < -0.4 is 5.32 Å². The van der Waals surface area contributed by atoms with Crippen LogP contribution in [-0.4, -0.2) is 23.7 Å². The minimum absolute atomic E-state index is 0.690. The Hall–Kier alpha value is -0.570. The Morgan fingerprint density at radius 2 is 1.92 bits per heavy atom. The second-order valence-electron chi connectivity index (χ2n) is 3.49. The monoisotopic (exact) mass is 187 g/mol. The maximum atomic E-state index is 11.1. The van der Waals surface area contributed by atoms with Crippen molar-refractivity contribution < 1.29 is 9.90 Å². The van der Waals surface area contributed by atoms with Crippen molar-refractivity contribution in [3.8, 4) is 0 Å². The molecule has 13 heavy (non-hydrogen) atoms. The van der Waals surface area contributed by atoms with Crippen LogP contribution in [0.3, 0.4) is 0 Å². The number of aliphatic carboxylic acids is 1. The van der Waals surface area contributed by atoms with Gasteiger partial charge in [0.15, 0.2) is 0 Å². The summed E-state index contributed by atoms with van der Waals surface area (Å²) in [5.41, 5.74) is -0.690. The first-order valence-corrected chi connectivity index (χ1v) is 5.05. The fraction of sp³-hybridized carbons (Fsp3) is 0.900. The van der Waals surface area contributed by atoms with Crippen molar-refractivity contribution >= 4 is 5.97 Å². The van der Waals surface area contributed by atoms with Gasteiger partial charge in [-0.25, -0.2) is 0 Å². The second kappa shape index (κ2) is 5.97. The van der Waals surface area contributed by atoms with Crippen molar-refractivity contribution in [2.24, 2.45) is 0 Å². The van der Waals surface area contributed by atoms with E-state index in [9.17, 15) is 4.79 Å². The van der Waals surface area contributed by atoms with Crippen LogP contribution in [0.15, 0.2) is 0 Å². The van der Waals surface area contributed by atoms with Crippen molar-refractivity contribution in [2.45, 2.75) is 51.5 Å². The molecule has 0 saturated heterocycles. The van der Waals surface area contributed by atoms with Crippen molar-refractivity contribution in [1.29, 1.82) is 0 Å². The lowest BCUT2D eigenvalue weighted by atomic mass is 9.88. The minimum Gasteiger partial charge on any atom is -0.480 e. The van der Waals surface area contributed by atoms with Gasteiger partial charge in [-0.05, 0) is 19.9 Å². The van der Waals surface area contributed by atoms with Gasteiger partial charge in [-0.1, -0.05) is 33.1 Å². The van der Waals surface area contributed by atoms with Crippen LogP contribution in [0.5, 0.6) is 0 Å². The lowest BCUT2D eigenvalue weighted by Crippen LogP contribution is -2.50. The molecule has 0 aromatic rings. The third-order valence-electron chi connectivity index (χ3n) is 2.52. The van der Waals surface area contributed by atoms with Crippen LogP contribution in [0, 0.1) is 0 Å². The summed E-state index contributed by atoms with van der Waals surface area (Å²) in [5, 5.41) is 12.1. The first kappa shape index (κ1) is 12.4. The predicted octanol–water partition coefficient (Wildman–Crippen LogP) is 2.02. The molecule has 78 valence electrons. The topological polar surface area (TPSA) is 49.3 Å². The van der Waals surface area contributed by atoms with Gasteiger partial charge in [0.2, 0.25) is 0 Å². The quantitative estimate of drug-likeness (QED) is 0.641. The fourth-order valence-electron chi connectivity index (χ4n) is 1.60. The third kappa shape index (κ3) is 3.35. The number of nitrogens with one attached hydrogen (secondary N) is 1. The number of carboxylic acid groups (broad SMARTS) is 1. The molecule has 0 aliphatic carbocycles. The summed E-state index contributed by atoms with van der Waals surface area (Å²) in [4.78, 5) is 11.1. The van der Waals surface area contributed by atoms with Gasteiger partial charge in [-0.2, -0.15) is 0 Å². The van der Waals surface area contributed by atoms with Crippen LogP contribution in [-0.2, 0) is 4.79 Å². The first-order chi connectivity index (χ1) is 6.13. The van der Waals surface area contributed by atoms with Crippen LogP contribution in [0.1, 0.15) is 46.0 Å². The maximum Gasteiger partial charge on any atom is 0.323 e. The highest BCUT2D eigenvalue weighted by Crippen LogP contribution is 2.20. The molecule has 1 atom stereocenters. The van der Waals surface area contributed by atoms with Gasteiger partial charge in [-0.15, -0.1) is 0 Å². The molecule has 1 unspecified atom stereocenters. The molecular formula is C10H21NO2. The average molecular weight is 187 g/mol. The Balaban J connectivity index is 4.35. The molecule has 0 rings (SSSR count). The molecule has 0 aliphatic rings. The van der Waals surface area contributed by atoms with E-state index >= 15 is 0 Å². The molecule has 0 bridgehead atoms. The van der Waals surface area contributed by atoms with E-state index in [2.05, 4.69) is 12.2 Å². The van der Waals surface area contributed by atoms with E-state index < -0.39 is 11.5 Å². The standard InChI is InChI=1S/C10H21NO2/c1-4-6-8-10(11-3,7-5-2)9(12)13/h11H,4-8H2,1-3H3,(H,12,13). The molecule has 0 spiro atoms. The Morgan fingerprint density at radius 3 is 2.23 bits per heavy atom. The number of hydrogen-bond donors (Lipinski definition) is 2. The van der Waals surface area contributed by atoms with Gasteiger partial charge >= 0.3 is 5.97 Å². The lowest BCUT2D eigenvalue weighted by molar-refractivity contribution is -0.145. The van der Waals surface area contributed by atoms with Gasteiger partial charge in [0.25, 0.3) is 0 Å². The summed E-state index contributed by atoms with van der Waals surface area (Å²) >= 11 is 0. The zero-order chi connectivity index (χ0) is 10.3. The highest BCUT2D eigenvalue weighted by Gasteiger charge is 2.34. The van der Waals surface area contributed by atoms with E-state index in [1.807, 2.05) is 6.92 Å². The smallest absolute Gasteiger partial charge is 0.323 e.